The minimum Gasteiger partial charge on any atom is -0.366 e. The highest BCUT2D eigenvalue weighted by atomic mass is 16.5. The highest BCUT2D eigenvalue weighted by Gasteiger charge is 2.26. The lowest BCUT2D eigenvalue weighted by Crippen LogP contribution is -2.29. The Morgan fingerprint density at radius 2 is 1.80 bits per heavy atom. The van der Waals surface area contributed by atoms with E-state index in [0.717, 1.165) is 5.06 Å². The van der Waals surface area contributed by atoms with Gasteiger partial charge in [-0.3, -0.25) is 0 Å². The van der Waals surface area contributed by atoms with Gasteiger partial charge in [0.2, 0.25) is 0 Å². The maximum atomic E-state index is 9.09. The molecular formula is C6H13NO3. The molecule has 0 aromatic heterocycles. The van der Waals surface area contributed by atoms with E-state index in [0.29, 0.717) is 25.9 Å². The second kappa shape index (κ2) is 2.84. The van der Waals surface area contributed by atoms with Crippen LogP contribution in [0.15, 0.2) is 0 Å². The molecule has 10 heavy (non-hydrogen) atoms. The first kappa shape index (κ1) is 7.94. The van der Waals surface area contributed by atoms with Gasteiger partial charge in [-0.05, 0) is 6.42 Å². The van der Waals surface area contributed by atoms with E-state index in [1.54, 1.807) is 0 Å². The average molecular weight is 147 g/mol. The summed E-state index contributed by atoms with van der Waals surface area (Å²) in [6.07, 6.45) is 1.21. The van der Waals surface area contributed by atoms with Crippen LogP contribution in [0.5, 0.6) is 0 Å². The number of rotatable bonds is 0. The largest absolute Gasteiger partial charge is 0.366 e. The fourth-order valence-electron chi connectivity index (χ4n) is 1.09. The van der Waals surface area contributed by atoms with Crippen molar-refractivity contribution < 1.29 is 15.4 Å². The van der Waals surface area contributed by atoms with Crippen LogP contribution in [0.3, 0.4) is 0 Å². The zero-order valence-electron chi connectivity index (χ0n) is 5.82. The second-order valence-corrected chi connectivity index (χ2v) is 2.79. The van der Waals surface area contributed by atoms with Crippen molar-refractivity contribution in [1.82, 2.24) is 5.06 Å². The van der Waals surface area contributed by atoms with E-state index in [1.807, 2.05) is 0 Å². The number of aliphatic hydroxyl groups is 2. The molecule has 0 spiro atoms. The van der Waals surface area contributed by atoms with Crippen LogP contribution in [-0.2, 0) is 0 Å². The first-order chi connectivity index (χ1) is 4.60. The van der Waals surface area contributed by atoms with Crippen LogP contribution in [0.2, 0.25) is 0 Å². The average Bonchev–Trinajstić information content (AvgIpc) is 1.94. The van der Waals surface area contributed by atoms with Crippen molar-refractivity contribution in [1.29, 1.82) is 0 Å². The third kappa shape index (κ3) is 2.22. The van der Waals surface area contributed by atoms with Crippen molar-refractivity contribution in [2.24, 2.45) is 0 Å². The molecule has 4 heteroatoms. The lowest BCUT2D eigenvalue weighted by molar-refractivity contribution is -0.173. The van der Waals surface area contributed by atoms with Gasteiger partial charge in [0.05, 0.1) is 0 Å². The summed E-state index contributed by atoms with van der Waals surface area (Å²) in [6.45, 7) is 0.871. The summed E-state index contributed by atoms with van der Waals surface area (Å²) in [5.74, 6) is -1.56. The fourth-order valence-corrected chi connectivity index (χ4v) is 1.09. The Labute approximate surface area is 59.7 Å². The van der Waals surface area contributed by atoms with Crippen LogP contribution in [0.1, 0.15) is 19.3 Å². The standard InChI is InChI=1S/C6H13NO3/c8-6(9)2-1-4-7(10)5-3-6/h8-10H,1-5H2. The maximum Gasteiger partial charge on any atom is 0.163 e. The molecule has 0 bridgehead atoms. The van der Waals surface area contributed by atoms with E-state index in [1.165, 1.54) is 0 Å². The second-order valence-electron chi connectivity index (χ2n) is 2.79. The van der Waals surface area contributed by atoms with E-state index in [4.69, 9.17) is 15.4 Å². The lowest BCUT2D eigenvalue weighted by atomic mass is 10.1. The quantitative estimate of drug-likeness (QED) is 0.406. The van der Waals surface area contributed by atoms with Gasteiger partial charge in [0.15, 0.2) is 5.79 Å². The van der Waals surface area contributed by atoms with Crippen molar-refractivity contribution in [2.45, 2.75) is 25.0 Å². The van der Waals surface area contributed by atoms with Crippen LogP contribution in [-0.4, -0.2) is 39.4 Å². The molecule has 1 aliphatic heterocycles. The Balaban J connectivity index is 2.41. The first-order valence-corrected chi connectivity index (χ1v) is 3.49. The van der Waals surface area contributed by atoms with E-state index in [-0.39, 0.29) is 6.42 Å². The molecule has 0 radical (unpaired) electrons. The predicted octanol–water partition coefficient (Wildman–Crippen LogP) is -0.458. The molecule has 1 saturated heterocycles. The van der Waals surface area contributed by atoms with E-state index >= 15 is 0 Å². The molecule has 0 amide bonds. The highest BCUT2D eigenvalue weighted by molar-refractivity contribution is 4.70. The molecule has 1 heterocycles. The molecule has 3 N–H and O–H groups in total. The molecule has 0 atom stereocenters. The third-order valence-corrected chi connectivity index (χ3v) is 1.76. The molecule has 4 nitrogen and oxygen atoms in total. The Morgan fingerprint density at radius 3 is 2.50 bits per heavy atom. The molecule has 0 aliphatic carbocycles. The van der Waals surface area contributed by atoms with E-state index < -0.39 is 5.79 Å². The van der Waals surface area contributed by atoms with Crippen molar-refractivity contribution in [3.8, 4) is 0 Å². The molecule has 0 unspecified atom stereocenters. The van der Waals surface area contributed by atoms with E-state index in [9.17, 15) is 0 Å². The molecule has 1 aliphatic rings. The number of hydroxylamine groups is 2. The Morgan fingerprint density at radius 1 is 1.10 bits per heavy atom. The summed E-state index contributed by atoms with van der Waals surface area (Å²) in [7, 11) is 0. The van der Waals surface area contributed by atoms with Crippen molar-refractivity contribution in [3.05, 3.63) is 0 Å². The Kier molecular flexibility index (Phi) is 2.25. The maximum absolute atomic E-state index is 9.09. The number of hydrogen-bond acceptors (Lipinski definition) is 4. The zero-order valence-corrected chi connectivity index (χ0v) is 5.82. The van der Waals surface area contributed by atoms with Gasteiger partial charge in [-0.25, -0.2) is 0 Å². The summed E-state index contributed by atoms with van der Waals surface area (Å²) in [4.78, 5) is 0. The molecule has 0 aromatic carbocycles. The Hall–Kier alpha value is -0.160. The van der Waals surface area contributed by atoms with Gasteiger partial charge >= 0.3 is 0 Å². The van der Waals surface area contributed by atoms with Crippen molar-refractivity contribution in [2.75, 3.05) is 13.1 Å². The SMILES string of the molecule is ON1CCCC(O)(O)CC1. The van der Waals surface area contributed by atoms with Crippen molar-refractivity contribution in [3.63, 3.8) is 0 Å². The smallest absolute Gasteiger partial charge is 0.163 e. The Bertz CT molecular complexity index is 116. The summed E-state index contributed by atoms with van der Waals surface area (Å²) < 4.78 is 0. The van der Waals surface area contributed by atoms with Gasteiger partial charge in [-0.15, -0.1) is 0 Å². The van der Waals surface area contributed by atoms with Crippen LogP contribution in [0.4, 0.5) is 0 Å². The zero-order chi connectivity index (χ0) is 7.61. The molecule has 0 aromatic rings. The fraction of sp³-hybridized carbons (Fsp3) is 1.00. The van der Waals surface area contributed by atoms with Crippen LogP contribution < -0.4 is 0 Å². The van der Waals surface area contributed by atoms with Gasteiger partial charge in [0, 0.05) is 25.9 Å². The van der Waals surface area contributed by atoms with Crippen LogP contribution >= 0.6 is 0 Å². The number of nitrogens with zero attached hydrogens (tertiary/aromatic N) is 1. The molecule has 1 fully saturated rings. The van der Waals surface area contributed by atoms with Crippen LogP contribution in [0.25, 0.3) is 0 Å². The monoisotopic (exact) mass is 147 g/mol. The van der Waals surface area contributed by atoms with Gasteiger partial charge in [-0.2, -0.15) is 5.06 Å². The molecule has 0 saturated carbocycles. The predicted molar refractivity (Wildman–Crippen MR) is 34.4 cm³/mol. The first-order valence-electron chi connectivity index (χ1n) is 3.49. The van der Waals surface area contributed by atoms with Gasteiger partial charge in [0.1, 0.15) is 0 Å². The lowest BCUT2D eigenvalue weighted by Gasteiger charge is -2.18. The number of hydrogen-bond donors (Lipinski definition) is 3. The topological polar surface area (TPSA) is 63.9 Å². The van der Waals surface area contributed by atoms with Crippen LogP contribution in [0, 0.1) is 0 Å². The van der Waals surface area contributed by atoms with Gasteiger partial charge < -0.3 is 15.4 Å². The minimum atomic E-state index is -1.56. The third-order valence-electron chi connectivity index (χ3n) is 1.76. The highest BCUT2D eigenvalue weighted by Crippen LogP contribution is 2.17. The normalized spacial score (nSPS) is 27.9. The molecule has 1 rings (SSSR count). The summed E-state index contributed by atoms with van der Waals surface area (Å²) in [6, 6.07) is 0. The minimum absolute atomic E-state index is 0.226. The summed E-state index contributed by atoms with van der Waals surface area (Å²) >= 11 is 0. The molecule has 60 valence electrons. The summed E-state index contributed by atoms with van der Waals surface area (Å²) in [5.41, 5.74) is 0. The summed E-state index contributed by atoms with van der Waals surface area (Å²) in [5, 5.41) is 28.2. The van der Waals surface area contributed by atoms with Gasteiger partial charge in [0.25, 0.3) is 0 Å². The van der Waals surface area contributed by atoms with Gasteiger partial charge in [-0.1, -0.05) is 0 Å². The van der Waals surface area contributed by atoms with E-state index in [2.05, 4.69) is 0 Å². The van der Waals surface area contributed by atoms with Crippen molar-refractivity contribution >= 4 is 0 Å². The molecular weight excluding hydrogens is 134 g/mol.